The Balaban J connectivity index is 2.07. The number of nitro benzene ring substituents is 1. The van der Waals surface area contributed by atoms with Crippen molar-refractivity contribution in [2.75, 3.05) is 6.54 Å². The van der Waals surface area contributed by atoms with E-state index in [9.17, 15) is 19.7 Å². The largest absolute Gasteiger partial charge is 0.370 e. The van der Waals surface area contributed by atoms with Crippen LogP contribution in [0.5, 0.6) is 0 Å². The Morgan fingerprint density at radius 1 is 1.11 bits per heavy atom. The highest BCUT2D eigenvalue weighted by molar-refractivity contribution is 7.80. The lowest BCUT2D eigenvalue weighted by Crippen LogP contribution is -2.43. The van der Waals surface area contributed by atoms with Gasteiger partial charge in [-0.3, -0.25) is 25.0 Å². The predicted molar refractivity (Wildman–Crippen MR) is 104 cm³/mol. The summed E-state index contributed by atoms with van der Waals surface area (Å²) in [4.78, 5) is 35.3. The van der Waals surface area contributed by atoms with Gasteiger partial charge in [-0.2, -0.15) is 0 Å². The summed E-state index contributed by atoms with van der Waals surface area (Å²) < 4.78 is 0. The molecule has 9 heteroatoms. The number of hydrogen-bond donors (Lipinski definition) is 2. The fourth-order valence-electron chi connectivity index (χ4n) is 2.28. The third kappa shape index (κ3) is 6.15. The fourth-order valence-corrected chi connectivity index (χ4v) is 2.53. The predicted octanol–water partition coefficient (Wildman–Crippen LogP) is 1.99. The zero-order valence-electron chi connectivity index (χ0n) is 14.3. The molecule has 0 saturated carbocycles. The quantitative estimate of drug-likeness (QED) is 0.427. The third-order valence-electron chi connectivity index (χ3n) is 3.69. The molecule has 2 aromatic rings. The number of amides is 2. The van der Waals surface area contributed by atoms with Gasteiger partial charge in [-0.15, -0.1) is 0 Å². The summed E-state index contributed by atoms with van der Waals surface area (Å²) in [6.07, 6.45) is 0.0837. The Hall–Kier alpha value is -3.33. The SMILES string of the molecule is NC(=O)CCN(Cc1ccccc1)C(=S)NC(=O)c1ccc([N+](=O)[O-])cc1. The van der Waals surface area contributed by atoms with E-state index in [2.05, 4.69) is 5.32 Å². The van der Waals surface area contributed by atoms with Gasteiger partial charge in [0.05, 0.1) is 4.92 Å². The summed E-state index contributed by atoms with van der Waals surface area (Å²) in [6.45, 7) is 0.650. The number of nitrogens with two attached hydrogens (primary N) is 1. The average Bonchev–Trinajstić information content (AvgIpc) is 2.65. The van der Waals surface area contributed by atoms with Gasteiger partial charge >= 0.3 is 0 Å². The molecule has 0 aliphatic carbocycles. The van der Waals surface area contributed by atoms with Crippen molar-refractivity contribution < 1.29 is 14.5 Å². The summed E-state index contributed by atoms with van der Waals surface area (Å²) in [7, 11) is 0. The van der Waals surface area contributed by atoms with Crippen LogP contribution in [0.1, 0.15) is 22.3 Å². The highest BCUT2D eigenvalue weighted by Gasteiger charge is 2.16. The molecule has 0 aliphatic heterocycles. The topological polar surface area (TPSA) is 119 Å². The van der Waals surface area contributed by atoms with Crippen molar-refractivity contribution >= 4 is 34.8 Å². The molecule has 0 bridgehead atoms. The third-order valence-corrected chi connectivity index (χ3v) is 4.05. The van der Waals surface area contributed by atoms with Gasteiger partial charge in [0.15, 0.2) is 5.11 Å². The molecule has 27 heavy (non-hydrogen) atoms. The van der Waals surface area contributed by atoms with Crippen molar-refractivity contribution in [1.29, 1.82) is 0 Å². The lowest BCUT2D eigenvalue weighted by atomic mass is 10.2. The highest BCUT2D eigenvalue weighted by Crippen LogP contribution is 2.12. The zero-order valence-corrected chi connectivity index (χ0v) is 15.1. The zero-order chi connectivity index (χ0) is 19.8. The number of benzene rings is 2. The van der Waals surface area contributed by atoms with Crippen LogP contribution in [0.15, 0.2) is 54.6 Å². The van der Waals surface area contributed by atoms with Crippen LogP contribution >= 0.6 is 12.2 Å². The average molecular weight is 386 g/mol. The lowest BCUT2D eigenvalue weighted by Gasteiger charge is -2.25. The van der Waals surface area contributed by atoms with Gasteiger partial charge in [0.1, 0.15) is 0 Å². The Morgan fingerprint density at radius 3 is 2.30 bits per heavy atom. The van der Waals surface area contributed by atoms with Crippen LogP contribution in [0.4, 0.5) is 5.69 Å². The van der Waals surface area contributed by atoms with Crippen LogP contribution in [0.3, 0.4) is 0 Å². The lowest BCUT2D eigenvalue weighted by molar-refractivity contribution is -0.384. The van der Waals surface area contributed by atoms with Crippen LogP contribution < -0.4 is 11.1 Å². The number of rotatable bonds is 7. The second-order valence-corrected chi connectivity index (χ2v) is 6.07. The number of hydrogen-bond acceptors (Lipinski definition) is 5. The molecule has 0 saturated heterocycles. The van der Waals surface area contributed by atoms with Gasteiger partial charge in [0, 0.05) is 37.2 Å². The van der Waals surface area contributed by atoms with E-state index in [1.165, 1.54) is 24.3 Å². The highest BCUT2D eigenvalue weighted by atomic mass is 32.1. The minimum atomic E-state index is -0.544. The molecule has 2 amide bonds. The normalized spacial score (nSPS) is 10.1. The minimum Gasteiger partial charge on any atom is -0.370 e. The smallest absolute Gasteiger partial charge is 0.269 e. The Morgan fingerprint density at radius 2 is 1.74 bits per heavy atom. The first-order valence-corrected chi connectivity index (χ1v) is 8.44. The Labute approximate surface area is 161 Å². The van der Waals surface area contributed by atoms with Gasteiger partial charge in [0.2, 0.25) is 5.91 Å². The van der Waals surface area contributed by atoms with Gasteiger partial charge in [-0.25, -0.2) is 0 Å². The Kier molecular flexibility index (Phi) is 6.95. The second-order valence-electron chi connectivity index (χ2n) is 5.69. The molecule has 8 nitrogen and oxygen atoms in total. The number of carbonyl (C=O) groups excluding carboxylic acids is 2. The van der Waals surface area contributed by atoms with Crippen molar-refractivity contribution in [2.45, 2.75) is 13.0 Å². The van der Waals surface area contributed by atoms with Crippen LogP contribution in [-0.2, 0) is 11.3 Å². The standard InChI is InChI=1S/C18H18N4O4S/c19-16(23)10-11-21(12-13-4-2-1-3-5-13)18(27)20-17(24)14-6-8-15(9-7-14)22(25)26/h1-9H,10-12H2,(H2,19,23)(H,20,24,27). The first-order chi connectivity index (χ1) is 12.9. The first kappa shape index (κ1) is 20.0. The molecule has 0 fully saturated rings. The van der Waals surface area contributed by atoms with E-state index in [4.69, 9.17) is 18.0 Å². The summed E-state index contributed by atoms with van der Waals surface area (Å²) in [5, 5.41) is 13.4. The summed E-state index contributed by atoms with van der Waals surface area (Å²) in [5.74, 6) is -0.968. The molecular formula is C18H18N4O4S. The second kappa shape index (κ2) is 9.39. The summed E-state index contributed by atoms with van der Waals surface area (Å²) in [5.41, 5.74) is 6.29. The molecule has 3 N–H and O–H groups in total. The molecule has 0 spiro atoms. The van der Waals surface area contributed by atoms with Crippen molar-refractivity contribution in [3.8, 4) is 0 Å². The summed E-state index contributed by atoms with van der Waals surface area (Å²) in [6, 6.07) is 14.6. The van der Waals surface area contributed by atoms with Crippen LogP contribution in [0, 0.1) is 10.1 Å². The van der Waals surface area contributed by atoms with E-state index in [1.807, 2.05) is 30.3 Å². The van der Waals surface area contributed by atoms with Crippen LogP contribution in [-0.4, -0.2) is 33.3 Å². The van der Waals surface area contributed by atoms with Crippen LogP contribution in [0.25, 0.3) is 0 Å². The van der Waals surface area contributed by atoms with E-state index >= 15 is 0 Å². The molecule has 0 aromatic heterocycles. The maximum absolute atomic E-state index is 12.3. The molecule has 0 atom stereocenters. The van der Waals surface area contributed by atoms with Gasteiger partial charge < -0.3 is 10.6 Å². The minimum absolute atomic E-state index is 0.0837. The molecule has 0 aliphatic rings. The van der Waals surface area contributed by atoms with E-state index in [0.717, 1.165) is 5.56 Å². The Bertz CT molecular complexity index is 840. The number of nitrogens with zero attached hydrogens (tertiary/aromatic N) is 2. The molecule has 0 radical (unpaired) electrons. The van der Waals surface area contributed by atoms with Gasteiger partial charge in [-0.05, 0) is 29.9 Å². The van der Waals surface area contributed by atoms with E-state index < -0.39 is 16.7 Å². The molecular weight excluding hydrogens is 368 g/mol. The van der Waals surface area contributed by atoms with Crippen molar-refractivity contribution in [2.24, 2.45) is 5.73 Å². The molecule has 2 rings (SSSR count). The number of carbonyl (C=O) groups is 2. The molecule has 2 aromatic carbocycles. The van der Waals surface area contributed by atoms with E-state index in [0.29, 0.717) is 6.54 Å². The van der Waals surface area contributed by atoms with E-state index in [-0.39, 0.29) is 29.3 Å². The monoisotopic (exact) mass is 386 g/mol. The maximum Gasteiger partial charge on any atom is 0.269 e. The first-order valence-electron chi connectivity index (χ1n) is 8.04. The van der Waals surface area contributed by atoms with Gasteiger partial charge in [-0.1, -0.05) is 30.3 Å². The number of primary amides is 1. The molecule has 140 valence electrons. The van der Waals surface area contributed by atoms with Crippen LogP contribution in [0.2, 0.25) is 0 Å². The molecule has 0 heterocycles. The number of nitro groups is 1. The molecule has 0 unspecified atom stereocenters. The fraction of sp³-hybridized carbons (Fsp3) is 0.167. The van der Waals surface area contributed by atoms with Crippen molar-refractivity contribution in [1.82, 2.24) is 10.2 Å². The number of non-ortho nitro benzene ring substituents is 1. The van der Waals surface area contributed by atoms with Gasteiger partial charge in [0.25, 0.3) is 11.6 Å². The number of thiocarbonyl (C=S) groups is 1. The van der Waals surface area contributed by atoms with Crippen molar-refractivity contribution in [3.05, 3.63) is 75.8 Å². The van der Waals surface area contributed by atoms with Crippen molar-refractivity contribution in [3.63, 3.8) is 0 Å². The van der Waals surface area contributed by atoms with E-state index in [1.54, 1.807) is 4.90 Å². The number of nitrogens with one attached hydrogen (secondary N) is 1. The maximum atomic E-state index is 12.3. The summed E-state index contributed by atoms with van der Waals surface area (Å²) >= 11 is 5.30.